The van der Waals surface area contributed by atoms with E-state index in [-0.39, 0.29) is 17.8 Å². The molecule has 0 atom stereocenters. The van der Waals surface area contributed by atoms with Crippen molar-refractivity contribution >= 4 is 40.0 Å². The summed E-state index contributed by atoms with van der Waals surface area (Å²) in [5.41, 5.74) is 3.58. The van der Waals surface area contributed by atoms with Gasteiger partial charge in [-0.05, 0) is 30.3 Å². The van der Waals surface area contributed by atoms with E-state index in [0.717, 1.165) is 49.7 Å². The molecule has 0 amide bonds. The fourth-order valence-electron chi connectivity index (χ4n) is 4.29. The monoisotopic (exact) mass is 436 g/mol. The molecule has 2 heterocycles. The van der Waals surface area contributed by atoms with Crippen LogP contribution < -0.4 is 15.1 Å². The van der Waals surface area contributed by atoms with Gasteiger partial charge >= 0.3 is 0 Å². The van der Waals surface area contributed by atoms with Gasteiger partial charge in [0.2, 0.25) is 5.43 Å². The van der Waals surface area contributed by atoms with Crippen LogP contribution in [-0.4, -0.2) is 38.2 Å². The Balaban J connectivity index is 0.00000231. The summed E-state index contributed by atoms with van der Waals surface area (Å²) >= 11 is 0. The molecule has 0 radical (unpaired) electrons. The van der Waals surface area contributed by atoms with Gasteiger partial charge in [-0.25, -0.2) is 0 Å². The molecule has 1 aliphatic rings. The van der Waals surface area contributed by atoms with Crippen molar-refractivity contribution in [2.24, 2.45) is 0 Å². The van der Waals surface area contributed by atoms with Crippen LogP contribution in [0.25, 0.3) is 21.9 Å². The second kappa shape index (κ2) is 9.00. The molecule has 5 nitrogen and oxygen atoms in total. The van der Waals surface area contributed by atoms with E-state index >= 15 is 0 Å². The van der Waals surface area contributed by atoms with Gasteiger partial charge in [0, 0.05) is 38.3 Å². The second-order valence-corrected chi connectivity index (χ2v) is 7.66. The number of para-hydroxylation sites is 4. The SMILES string of the molecule is COc1ccccc1N1CCN(Cc2cccc3c(=O)c4ccccc4oc23)CC1.Cl. The van der Waals surface area contributed by atoms with Gasteiger partial charge in [0.25, 0.3) is 0 Å². The molecule has 4 aromatic rings. The Morgan fingerprint density at radius 2 is 1.58 bits per heavy atom. The van der Waals surface area contributed by atoms with Crippen molar-refractivity contribution in [3.05, 3.63) is 82.5 Å². The summed E-state index contributed by atoms with van der Waals surface area (Å²) in [6, 6.07) is 21.5. The number of hydrogen-bond donors (Lipinski definition) is 0. The van der Waals surface area contributed by atoms with Gasteiger partial charge < -0.3 is 14.1 Å². The summed E-state index contributed by atoms with van der Waals surface area (Å²) in [5.74, 6) is 0.911. The molecule has 160 valence electrons. The van der Waals surface area contributed by atoms with Gasteiger partial charge in [0.05, 0.1) is 23.6 Å². The molecule has 1 fully saturated rings. The number of anilines is 1. The molecule has 1 saturated heterocycles. The second-order valence-electron chi connectivity index (χ2n) is 7.66. The Bertz CT molecular complexity index is 1260. The van der Waals surface area contributed by atoms with E-state index in [2.05, 4.69) is 21.9 Å². The first-order valence-electron chi connectivity index (χ1n) is 10.3. The summed E-state index contributed by atoms with van der Waals surface area (Å²) in [5, 5.41) is 1.28. The Hall–Kier alpha value is -3.02. The quantitative estimate of drug-likeness (QED) is 0.434. The summed E-state index contributed by atoms with van der Waals surface area (Å²) in [6.45, 7) is 4.49. The summed E-state index contributed by atoms with van der Waals surface area (Å²) in [6.07, 6.45) is 0. The van der Waals surface area contributed by atoms with Crippen molar-refractivity contribution in [1.29, 1.82) is 0 Å². The lowest BCUT2D eigenvalue weighted by atomic mass is 10.1. The lowest BCUT2D eigenvalue weighted by Crippen LogP contribution is -2.46. The average Bonchev–Trinajstić information content (AvgIpc) is 2.80. The van der Waals surface area contributed by atoms with E-state index in [1.807, 2.05) is 54.6 Å². The van der Waals surface area contributed by atoms with Crippen LogP contribution in [0.5, 0.6) is 5.75 Å². The minimum atomic E-state index is 0. The predicted octanol–water partition coefficient (Wildman–Crippen LogP) is 4.70. The maximum absolute atomic E-state index is 12.9. The minimum Gasteiger partial charge on any atom is -0.495 e. The molecule has 5 rings (SSSR count). The molecule has 1 aliphatic heterocycles. The van der Waals surface area contributed by atoms with Crippen LogP contribution in [0.2, 0.25) is 0 Å². The summed E-state index contributed by atoms with van der Waals surface area (Å²) in [7, 11) is 1.72. The largest absolute Gasteiger partial charge is 0.495 e. The van der Waals surface area contributed by atoms with Crippen LogP contribution in [0.3, 0.4) is 0 Å². The molecule has 0 aliphatic carbocycles. The van der Waals surface area contributed by atoms with Gasteiger partial charge in [0.15, 0.2) is 0 Å². The van der Waals surface area contributed by atoms with Gasteiger partial charge in [-0.3, -0.25) is 9.69 Å². The highest BCUT2D eigenvalue weighted by atomic mass is 35.5. The third-order valence-corrected chi connectivity index (χ3v) is 5.88. The van der Waals surface area contributed by atoms with Gasteiger partial charge in [-0.2, -0.15) is 0 Å². The number of ether oxygens (including phenoxy) is 1. The lowest BCUT2D eigenvalue weighted by Gasteiger charge is -2.36. The first-order chi connectivity index (χ1) is 14.7. The third kappa shape index (κ3) is 3.99. The van der Waals surface area contributed by atoms with Crippen molar-refractivity contribution in [2.75, 3.05) is 38.2 Å². The Labute approximate surface area is 187 Å². The van der Waals surface area contributed by atoms with Crippen molar-refractivity contribution in [2.45, 2.75) is 6.54 Å². The van der Waals surface area contributed by atoms with Crippen molar-refractivity contribution in [3.8, 4) is 5.75 Å². The summed E-state index contributed by atoms with van der Waals surface area (Å²) in [4.78, 5) is 17.7. The molecule has 31 heavy (non-hydrogen) atoms. The Morgan fingerprint density at radius 1 is 0.871 bits per heavy atom. The van der Waals surface area contributed by atoms with Crippen LogP contribution in [0, 0.1) is 0 Å². The zero-order valence-corrected chi connectivity index (χ0v) is 18.2. The van der Waals surface area contributed by atoms with E-state index in [1.54, 1.807) is 7.11 Å². The maximum Gasteiger partial charge on any atom is 0.200 e. The normalized spacial score (nSPS) is 14.5. The first-order valence-corrected chi connectivity index (χ1v) is 10.3. The van der Waals surface area contributed by atoms with Gasteiger partial charge in [-0.1, -0.05) is 36.4 Å². The number of halogens is 1. The fraction of sp³-hybridized carbons (Fsp3) is 0.240. The number of fused-ring (bicyclic) bond motifs is 2. The van der Waals surface area contributed by atoms with Crippen LogP contribution in [0.15, 0.2) is 75.9 Å². The zero-order chi connectivity index (χ0) is 20.5. The van der Waals surface area contributed by atoms with E-state index < -0.39 is 0 Å². The van der Waals surface area contributed by atoms with E-state index in [0.29, 0.717) is 21.9 Å². The van der Waals surface area contributed by atoms with E-state index in [4.69, 9.17) is 9.15 Å². The van der Waals surface area contributed by atoms with Crippen LogP contribution >= 0.6 is 12.4 Å². The van der Waals surface area contributed by atoms with Crippen LogP contribution in [0.4, 0.5) is 5.69 Å². The number of nitrogens with zero attached hydrogens (tertiary/aromatic N) is 2. The topological polar surface area (TPSA) is 45.9 Å². The van der Waals surface area contributed by atoms with Crippen molar-refractivity contribution in [1.82, 2.24) is 4.90 Å². The number of rotatable bonds is 4. The molecule has 0 spiro atoms. The number of benzene rings is 3. The molecule has 0 saturated carbocycles. The number of hydrogen-bond acceptors (Lipinski definition) is 5. The van der Waals surface area contributed by atoms with Crippen molar-refractivity contribution < 1.29 is 9.15 Å². The molecule has 0 unspecified atom stereocenters. The van der Waals surface area contributed by atoms with E-state index in [1.165, 1.54) is 0 Å². The molecular formula is C25H25ClN2O3. The highest BCUT2D eigenvalue weighted by molar-refractivity contribution is 5.91. The van der Waals surface area contributed by atoms with Gasteiger partial charge in [0.1, 0.15) is 16.9 Å². The van der Waals surface area contributed by atoms with Gasteiger partial charge in [-0.15, -0.1) is 12.4 Å². The first kappa shape index (κ1) is 21.2. The molecule has 1 aromatic heterocycles. The highest BCUT2D eigenvalue weighted by Gasteiger charge is 2.21. The zero-order valence-electron chi connectivity index (χ0n) is 17.4. The number of methoxy groups -OCH3 is 1. The lowest BCUT2D eigenvalue weighted by molar-refractivity contribution is 0.249. The Kier molecular flexibility index (Phi) is 6.16. The average molecular weight is 437 g/mol. The molecule has 0 bridgehead atoms. The summed E-state index contributed by atoms with van der Waals surface area (Å²) < 4.78 is 11.7. The van der Waals surface area contributed by atoms with Crippen molar-refractivity contribution in [3.63, 3.8) is 0 Å². The smallest absolute Gasteiger partial charge is 0.200 e. The maximum atomic E-state index is 12.9. The molecule has 6 heteroatoms. The van der Waals surface area contributed by atoms with Crippen LogP contribution in [0.1, 0.15) is 5.56 Å². The Morgan fingerprint density at radius 3 is 2.39 bits per heavy atom. The fourth-order valence-corrected chi connectivity index (χ4v) is 4.29. The molecular weight excluding hydrogens is 412 g/mol. The number of piperazine rings is 1. The van der Waals surface area contributed by atoms with Crippen LogP contribution in [-0.2, 0) is 6.54 Å². The third-order valence-electron chi connectivity index (χ3n) is 5.88. The van der Waals surface area contributed by atoms with E-state index in [9.17, 15) is 4.79 Å². The minimum absolute atomic E-state index is 0. The standard InChI is InChI=1S/C25H24N2O3.ClH/c1-29-23-12-5-3-10-21(23)27-15-13-26(14-16-27)17-18-7-6-9-20-24(28)19-8-2-4-11-22(19)30-25(18)20;/h2-12H,13-17H2,1H3;1H. The molecule has 0 N–H and O–H groups in total. The highest BCUT2D eigenvalue weighted by Crippen LogP contribution is 2.29. The molecule has 3 aromatic carbocycles. The predicted molar refractivity (Wildman–Crippen MR) is 128 cm³/mol.